The third-order valence-corrected chi connectivity index (χ3v) is 4.45. The SMILES string of the molecule is CCNC1CCCC1CCN(CC)c1cccc(F)c1. The van der Waals surface area contributed by atoms with E-state index in [1.165, 1.54) is 31.7 Å². The molecule has 112 valence electrons. The van der Waals surface area contributed by atoms with Crippen LogP contribution in [0, 0.1) is 11.7 Å². The molecule has 0 amide bonds. The molecule has 0 aliphatic heterocycles. The van der Waals surface area contributed by atoms with E-state index in [4.69, 9.17) is 0 Å². The van der Waals surface area contributed by atoms with E-state index in [1.807, 2.05) is 6.07 Å². The van der Waals surface area contributed by atoms with Crippen molar-refractivity contribution < 1.29 is 4.39 Å². The molecule has 20 heavy (non-hydrogen) atoms. The Kier molecular flexibility index (Phi) is 5.84. The van der Waals surface area contributed by atoms with Gasteiger partial charge in [0.15, 0.2) is 0 Å². The van der Waals surface area contributed by atoms with Gasteiger partial charge in [0, 0.05) is 24.8 Å². The van der Waals surface area contributed by atoms with Gasteiger partial charge in [0.05, 0.1) is 0 Å². The average Bonchev–Trinajstić information content (AvgIpc) is 2.88. The van der Waals surface area contributed by atoms with Crippen LogP contribution in [0.5, 0.6) is 0 Å². The summed E-state index contributed by atoms with van der Waals surface area (Å²) < 4.78 is 13.3. The topological polar surface area (TPSA) is 15.3 Å². The molecule has 0 saturated heterocycles. The number of anilines is 1. The zero-order chi connectivity index (χ0) is 14.4. The molecule has 1 fully saturated rings. The second-order valence-corrected chi connectivity index (χ2v) is 5.70. The van der Waals surface area contributed by atoms with Gasteiger partial charge in [-0.3, -0.25) is 0 Å². The molecule has 0 radical (unpaired) electrons. The van der Waals surface area contributed by atoms with Crippen LogP contribution in [-0.4, -0.2) is 25.7 Å². The number of halogens is 1. The quantitative estimate of drug-likeness (QED) is 0.815. The van der Waals surface area contributed by atoms with Crippen LogP contribution in [-0.2, 0) is 0 Å². The van der Waals surface area contributed by atoms with Gasteiger partial charge in [-0.2, -0.15) is 0 Å². The van der Waals surface area contributed by atoms with Crippen LogP contribution >= 0.6 is 0 Å². The second kappa shape index (κ2) is 7.63. The molecule has 1 N–H and O–H groups in total. The molecule has 1 aromatic carbocycles. The van der Waals surface area contributed by atoms with E-state index in [2.05, 4.69) is 24.1 Å². The summed E-state index contributed by atoms with van der Waals surface area (Å²) in [4.78, 5) is 2.28. The molecule has 0 aromatic heterocycles. The minimum absolute atomic E-state index is 0.146. The van der Waals surface area contributed by atoms with Crippen molar-refractivity contribution in [3.63, 3.8) is 0 Å². The fourth-order valence-corrected chi connectivity index (χ4v) is 3.38. The summed E-state index contributed by atoms with van der Waals surface area (Å²) in [6.07, 6.45) is 5.18. The standard InChI is InChI=1S/C17H27FN2/c1-3-19-17-10-5-7-14(17)11-12-20(4-2)16-9-6-8-15(18)13-16/h6,8-9,13-14,17,19H,3-5,7,10-12H2,1-2H3. The van der Waals surface area contributed by atoms with E-state index in [0.29, 0.717) is 6.04 Å². The Morgan fingerprint density at radius 3 is 2.85 bits per heavy atom. The Labute approximate surface area is 122 Å². The zero-order valence-corrected chi connectivity index (χ0v) is 12.7. The van der Waals surface area contributed by atoms with Crippen molar-refractivity contribution in [2.75, 3.05) is 24.5 Å². The van der Waals surface area contributed by atoms with Crippen molar-refractivity contribution in [1.29, 1.82) is 0 Å². The molecule has 2 rings (SSSR count). The first-order valence-corrected chi connectivity index (χ1v) is 7.98. The number of benzene rings is 1. The van der Waals surface area contributed by atoms with E-state index < -0.39 is 0 Å². The molecule has 1 aliphatic carbocycles. The van der Waals surface area contributed by atoms with Gasteiger partial charge in [0.25, 0.3) is 0 Å². The highest BCUT2D eigenvalue weighted by Crippen LogP contribution is 2.29. The molecule has 1 aromatic rings. The Morgan fingerprint density at radius 2 is 2.15 bits per heavy atom. The van der Waals surface area contributed by atoms with Crippen molar-refractivity contribution in [2.45, 2.75) is 45.6 Å². The van der Waals surface area contributed by atoms with Gasteiger partial charge in [0.1, 0.15) is 5.82 Å². The molecule has 1 saturated carbocycles. The largest absolute Gasteiger partial charge is 0.372 e. The summed E-state index contributed by atoms with van der Waals surface area (Å²) in [6.45, 7) is 7.33. The Bertz CT molecular complexity index is 408. The van der Waals surface area contributed by atoms with Gasteiger partial charge in [-0.1, -0.05) is 19.4 Å². The van der Waals surface area contributed by atoms with Crippen LogP contribution in [0.2, 0.25) is 0 Å². The molecule has 2 unspecified atom stereocenters. The zero-order valence-electron chi connectivity index (χ0n) is 12.7. The van der Waals surface area contributed by atoms with E-state index >= 15 is 0 Å². The predicted molar refractivity (Wildman–Crippen MR) is 83.7 cm³/mol. The van der Waals surface area contributed by atoms with E-state index in [1.54, 1.807) is 12.1 Å². The van der Waals surface area contributed by atoms with Gasteiger partial charge >= 0.3 is 0 Å². The van der Waals surface area contributed by atoms with Crippen molar-refractivity contribution in [3.8, 4) is 0 Å². The predicted octanol–water partition coefficient (Wildman–Crippen LogP) is 3.82. The van der Waals surface area contributed by atoms with Gasteiger partial charge in [-0.05, 0) is 56.8 Å². The number of rotatable bonds is 7. The van der Waals surface area contributed by atoms with E-state index in [0.717, 1.165) is 31.2 Å². The summed E-state index contributed by atoms with van der Waals surface area (Å²) in [5, 5.41) is 3.61. The fourth-order valence-electron chi connectivity index (χ4n) is 3.38. The molecule has 0 spiro atoms. The lowest BCUT2D eigenvalue weighted by Gasteiger charge is -2.27. The molecule has 1 aliphatic rings. The van der Waals surface area contributed by atoms with Crippen LogP contribution < -0.4 is 10.2 Å². The van der Waals surface area contributed by atoms with E-state index in [-0.39, 0.29) is 5.82 Å². The molecule has 0 bridgehead atoms. The van der Waals surface area contributed by atoms with Crippen molar-refractivity contribution in [3.05, 3.63) is 30.1 Å². The molecular weight excluding hydrogens is 251 g/mol. The minimum atomic E-state index is -0.146. The smallest absolute Gasteiger partial charge is 0.125 e. The molecule has 3 heteroatoms. The first kappa shape index (κ1) is 15.3. The lowest BCUT2D eigenvalue weighted by atomic mass is 9.99. The number of hydrogen-bond donors (Lipinski definition) is 1. The van der Waals surface area contributed by atoms with Crippen LogP contribution in [0.3, 0.4) is 0 Å². The minimum Gasteiger partial charge on any atom is -0.372 e. The van der Waals surface area contributed by atoms with Gasteiger partial charge < -0.3 is 10.2 Å². The molecule has 2 nitrogen and oxygen atoms in total. The highest BCUT2D eigenvalue weighted by Gasteiger charge is 2.26. The maximum Gasteiger partial charge on any atom is 0.125 e. The molecular formula is C17H27FN2. The first-order chi connectivity index (χ1) is 9.74. The third-order valence-electron chi connectivity index (χ3n) is 4.45. The summed E-state index contributed by atoms with van der Waals surface area (Å²) in [5.41, 5.74) is 1.01. The lowest BCUT2D eigenvalue weighted by Crippen LogP contribution is -2.34. The van der Waals surface area contributed by atoms with Gasteiger partial charge in [-0.15, -0.1) is 0 Å². The Morgan fingerprint density at radius 1 is 1.30 bits per heavy atom. The summed E-state index contributed by atoms with van der Waals surface area (Å²) >= 11 is 0. The molecule has 0 heterocycles. The summed E-state index contributed by atoms with van der Waals surface area (Å²) in [5.74, 6) is 0.630. The van der Waals surface area contributed by atoms with Gasteiger partial charge in [-0.25, -0.2) is 4.39 Å². The second-order valence-electron chi connectivity index (χ2n) is 5.70. The number of nitrogens with one attached hydrogen (secondary N) is 1. The highest BCUT2D eigenvalue weighted by atomic mass is 19.1. The van der Waals surface area contributed by atoms with Crippen molar-refractivity contribution in [2.24, 2.45) is 5.92 Å². The third kappa shape index (κ3) is 3.95. The van der Waals surface area contributed by atoms with Crippen molar-refractivity contribution in [1.82, 2.24) is 5.32 Å². The van der Waals surface area contributed by atoms with Crippen LogP contribution in [0.1, 0.15) is 39.5 Å². The van der Waals surface area contributed by atoms with E-state index in [9.17, 15) is 4.39 Å². The summed E-state index contributed by atoms with van der Waals surface area (Å²) in [7, 11) is 0. The number of hydrogen-bond acceptors (Lipinski definition) is 2. The Hall–Kier alpha value is -1.09. The first-order valence-electron chi connectivity index (χ1n) is 7.98. The van der Waals surface area contributed by atoms with Crippen LogP contribution in [0.15, 0.2) is 24.3 Å². The van der Waals surface area contributed by atoms with Crippen LogP contribution in [0.4, 0.5) is 10.1 Å². The summed E-state index contributed by atoms with van der Waals surface area (Å²) in [6, 6.07) is 7.63. The maximum atomic E-state index is 13.3. The number of nitrogens with zero attached hydrogens (tertiary/aromatic N) is 1. The average molecular weight is 278 g/mol. The van der Waals surface area contributed by atoms with Gasteiger partial charge in [0.2, 0.25) is 0 Å². The highest BCUT2D eigenvalue weighted by molar-refractivity contribution is 5.46. The lowest BCUT2D eigenvalue weighted by molar-refractivity contribution is 0.386. The van der Waals surface area contributed by atoms with Crippen LogP contribution in [0.25, 0.3) is 0 Å². The van der Waals surface area contributed by atoms with Crippen molar-refractivity contribution >= 4 is 5.69 Å². The normalized spacial score (nSPS) is 22.1. The fraction of sp³-hybridized carbons (Fsp3) is 0.647. The Balaban J connectivity index is 1.90. The monoisotopic (exact) mass is 278 g/mol. The molecule has 2 atom stereocenters. The maximum absolute atomic E-state index is 13.3.